The van der Waals surface area contributed by atoms with Crippen molar-refractivity contribution in [1.29, 1.82) is 5.26 Å². The van der Waals surface area contributed by atoms with Crippen LogP contribution in [0.25, 0.3) is 0 Å². The third-order valence-corrected chi connectivity index (χ3v) is 3.03. The Kier molecular flexibility index (Phi) is 5.26. The van der Waals surface area contributed by atoms with Gasteiger partial charge in [0.2, 0.25) is 6.79 Å². The summed E-state index contributed by atoms with van der Waals surface area (Å²) in [5, 5.41) is 14.7. The van der Waals surface area contributed by atoms with Crippen molar-refractivity contribution >= 4 is 5.91 Å². The third kappa shape index (κ3) is 4.16. The molecule has 1 aromatic carbocycles. The number of nitriles is 1. The van der Waals surface area contributed by atoms with Gasteiger partial charge in [0, 0.05) is 19.3 Å². The SMILES string of the molecule is CC(C)CN/C=C(/C#N)C(=O)NCc1ccc2c(c1)OCO2. The van der Waals surface area contributed by atoms with Crippen LogP contribution in [-0.4, -0.2) is 19.2 Å². The van der Waals surface area contributed by atoms with Crippen LogP contribution in [0.15, 0.2) is 30.0 Å². The van der Waals surface area contributed by atoms with E-state index in [0.29, 0.717) is 30.5 Å². The molecule has 0 saturated heterocycles. The van der Waals surface area contributed by atoms with Crippen LogP contribution >= 0.6 is 0 Å². The molecule has 2 N–H and O–H groups in total. The summed E-state index contributed by atoms with van der Waals surface area (Å²) in [7, 11) is 0. The number of ether oxygens (including phenoxy) is 2. The number of carbonyl (C=O) groups excluding carboxylic acids is 1. The molecule has 0 atom stereocenters. The molecule has 0 fully saturated rings. The van der Waals surface area contributed by atoms with Gasteiger partial charge in [-0.3, -0.25) is 4.79 Å². The summed E-state index contributed by atoms with van der Waals surface area (Å²) in [5.74, 6) is 1.40. The lowest BCUT2D eigenvalue weighted by molar-refractivity contribution is -0.117. The van der Waals surface area contributed by atoms with E-state index in [4.69, 9.17) is 14.7 Å². The molecule has 1 aromatic rings. The van der Waals surface area contributed by atoms with Gasteiger partial charge in [0.1, 0.15) is 11.6 Å². The molecule has 0 bridgehead atoms. The third-order valence-electron chi connectivity index (χ3n) is 3.03. The minimum Gasteiger partial charge on any atom is -0.454 e. The maximum Gasteiger partial charge on any atom is 0.263 e. The Morgan fingerprint density at radius 1 is 1.41 bits per heavy atom. The van der Waals surface area contributed by atoms with Gasteiger partial charge in [-0.15, -0.1) is 0 Å². The van der Waals surface area contributed by atoms with Crippen molar-refractivity contribution in [3.63, 3.8) is 0 Å². The first kappa shape index (κ1) is 15.7. The van der Waals surface area contributed by atoms with Gasteiger partial charge in [-0.1, -0.05) is 19.9 Å². The highest BCUT2D eigenvalue weighted by Gasteiger charge is 2.14. The van der Waals surface area contributed by atoms with Crippen molar-refractivity contribution in [3.8, 4) is 17.6 Å². The van der Waals surface area contributed by atoms with Crippen LogP contribution in [0.3, 0.4) is 0 Å². The predicted octanol–water partition coefficient (Wildman–Crippen LogP) is 1.68. The maximum atomic E-state index is 12.0. The van der Waals surface area contributed by atoms with Crippen LogP contribution < -0.4 is 20.1 Å². The molecular formula is C16H19N3O3. The summed E-state index contributed by atoms with van der Waals surface area (Å²) >= 11 is 0. The molecule has 0 spiro atoms. The lowest BCUT2D eigenvalue weighted by Crippen LogP contribution is -2.25. The first-order valence-electron chi connectivity index (χ1n) is 7.10. The van der Waals surface area contributed by atoms with Gasteiger partial charge in [-0.25, -0.2) is 0 Å². The average Bonchev–Trinajstić information content (AvgIpc) is 2.96. The number of hydrogen-bond acceptors (Lipinski definition) is 5. The van der Waals surface area contributed by atoms with Crippen LogP contribution in [0.4, 0.5) is 0 Å². The standard InChI is InChI=1S/C16H19N3O3/c1-11(2)7-18-9-13(6-17)16(20)19-8-12-3-4-14-15(5-12)22-10-21-14/h3-5,9,11,18H,7-8,10H2,1-2H3,(H,19,20)/b13-9-. The van der Waals surface area contributed by atoms with Crippen molar-refractivity contribution in [3.05, 3.63) is 35.5 Å². The molecule has 1 amide bonds. The van der Waals surface area contributed by atoms with Gasteiger partial charge in [-0.05, 0) is 23.6 Å². The quantitative estimate of drug-likeness (QED) is 0.617. The van der Waals surface area contributed by atoms with E-state index in [-0.39, 0.29) is 12.4 Å². The highest BCUT2D eigenvalue weighted by atomic mass is 16.7. The molecule has 0 unspecified atom stereocenters. The second kappa shape index (κ2) is 7.36. The lowest BCUT2D eigenvalue weighted by Gasteiger charge is -2.07. The molecule has 1 aliphatic heterocycles. The number of amides is 1. The van der Waals surface area contributed by atoms with Crippen LogP contribution in [0.5, 0.6) is 11.5 Å². The summed E-state index contributed by atoms with van der Waals surface area (Å²) in [6.45, 7) is 5.34. The first-order chi connectivity index (χ1) is 10.6. The minimum atomic E-state index is -0.406. The molecule has 0 aliphatic carbocycles. The number of carbonyl (C=O) groups is 1. The van der Waals surface area contributed by atoms with Crippen LogP contribution in [-0.2, 0) is 11.3 Å². The summed E-state index contributed by atoms with van der Waals surface area (Å²) in [4.78, 5) is 12.0. The molecule has 1 heterocycles. The van der Waals surface area contributed by atoms with Gasteiger partial charge in [0.25, 0.3) is 5.91 Å². The molecule has 116 valence electrons. The summed E-state index contributed by atoms with van der Waals surface area (Å²) in [6, 6.07) is 7.36. The number of benzene rings is 1. The normalized spacial score (nSPS) is 12.9. The number of rotatable bonds is 6. The van der Waals surface area contributed by atoms with Crippen molar-refractivity contribution in [2.45, 2.75) is 20.4 Å². The van der Waals surface area contributed by atoms with Crippen molar-refractivity contribution in [2.75, 3.05) is 13.3 Å². The monoisotopic (exact) mass is 301 g/mol. The summed E-state index contributed by atoms with van der Waals surface area (Å²) in [5.41, 5.74) is 0.937. The van der Waals surface area contributed by atoms with Crippen LogP contribution in [0.1, 0.15) is 19.4 Å². The Hall–Kier alpha value is -2.68. The molecule has 6 nitrogen and oxygen atoms in total. The fourth-order valence-corrected chi connectivity index (χ4v) is 1.87. The van der Waals surface area contributed by atoms with E-state index in [0.717, 1.165) is 5.56 Å². The predicted molar refractivity (Wildman–Crippen MR) is 80.9 cm³/mol. The Bertz CT molecular complexity index is 618. The molecule has 22 heavy (non-hydrogen) atoms. The highest BCUT2D eigenvalue weighted by molar-refractivity contribution is 5.97. The Morgan fingerprint density at radius 2 is 2.18 bits per heavy atom. The smallest absolute Gasteiger partial charge is 0.263 e. The van der Waals surface area contributed by atoms with E-state index in [1.807, 2.05) is 32.0 Å². The zero-order chi connectivity index (χ0) is 15.9. The van der Waals surface area contributed by atoms with E-state index in [1.165, 1.54) is 6.20 Å². The molecule has 0 aromatic heterocycles. The maximum absolute atomic E-state index is 12.0. The first-order valence-corrected chi connectivity index (χ1v) is 7.10. The fraction of sp³-hybridized carbons (Fsp3) is 0.375. The molecule has 1 aliphatic rings. The number of hydrogen-bond donors (Lipinski definition) is 2. The second-order valence-corrected chi connectivity index (χ2v) is 5.34. The zero-order valence-corrected chi connectivity index (χ0v) is 12.7. The lowest BCUT2D eigenvalue weighted by atomic mass is 10.2. The van der Waals surface area contributed by atoms with Crippen molar-refractivity contribution < 1.29 is 14.3 Å². The van der Waals surface area contributed by atoms with Gasteiger partial charge in [0.05, 0.1) is 0 Å². The average molecular weight is 301 g/mol. The molecule has 0 saturated carbocycles. The van der Waals surface area contributed by atoms with Gasteiger partial charge in [-0.2, -0.15) is 5.26 Å². The Morgan fingerprint density at radius 3 is 2.91 bits per heavy atom. The van der Waals surface area contributed by atoms with Gasteiger partial charge >= 0.3 is 0 Å². The fourth-order valence-electron chi connectivity index (χ4n) is 1.87. The number of nitrogens with one attached hydrogen (secondary N) is 2. The molecule has 2 rings (SSSR count). The topological polar surface area (TPSA) is 83.4 Å². The Balaban J connectivity index is 1.90. The number of fused-ring (bicyclic) bond motifs is 1. The molecule has 0 radical (unpaired) electrons. The van der Waals surface area contributed by atoms with Crippen molar-refractivity contribution in [2.24, 2.45) is 5.92 Å². The van der Waals surface area contributed by atoms with Crippen LogP contribution in [0, 0.1) is 17.2 Å². The van der Waals surface area contributed by atoms with Gasteiger partial charge < -0.3 is 20.1 Å². The largest absolute Gasteiger partial charge is 0.454 e. The highest BCUT2D eigenvalue weighted by Crippen LogP contribution is 2.32. The van der Waals surface area contributed by atoms with E-state index in [1.54, 1.807) is 6.07 Å². The van der Waals surface area contributed by atoms with Crippen molar-refractivity contribution in [1.82, 2.24) is 10.6 Å². The van der Waals surface area contributed by atoms with E-state index < -0.39 is 5.91 Å². The zero-order valence-electron chi connectivity index (χ0n) is 12.7. The Labute approximate surface area is 129 Å². The summed E-state index contributed by atoms with van der Waals surface area (Å²) < 4.78 is 10.5. The minimum absolute atomic E-state index is 0.0568. The second-order valence-electron chi connectivity index (χ2n) is 5.34. The van der Waals surface area contributed by atoms with E-state index in [9.17, 15) is 4.79 Å². The van der Waals surface area contributed by atoms with E-state index in [2.05, 4.69) is 10.6 Å². The molecular weight excluding hydrogens is 282 g/mol. The van der Waals surface area contributed by atoms with Crippen LogP contribution in [0.2, 0.25) is 0 Å². The number of nitrogens with zero attached hydrogens (tertiary/aromatic N) is 1. The summed E-state index contributed by atoms with van der Waals surface area (Å²) in [6.07, 6.45) is 1.45. The van der Waals surface area contributed by atoms with Gasteiger partial charge in [0.15, 0.2) is 11.5 Å². The molecule has 6 heteroatoms. The van der Waals surface area contributed by atoms with E-state index >= 15 is 0 Å².